The Labute approximate surface area is 393 Å². The van der Waals surface area contributed by atoms with Crippen LogP contribution in [0, 0.1) is 13.8 Å². The minimum absolute atomic E-state index is 0. The van der Waals surface area contributed by atoms with E-state index in [0.29, 0.717) is 41.8 Å². The zero-order valence-corrected chi connectivity index (χ0v) is 37.7. The van der Waals surface area contributed by atoms with Gasteiger partial charge in [-0.3, -0.25) is 19.6 Å². The summed E-state index contributed by atoms with van der Waals surface area (Å²) in [5.74, 6) is 0.641. The van der Waals surface area contributed by atoms with Crippen LogP contribution in [0.25, 0.3) is 0 Å². The molecule has 6 rings (SSSR count). The van der Waals surface area contributed by atoms with Crippen molar-refractivity contribution in [3.05, 3.63) is 161 Å². The molecule has 0 saturated carbocycles. The molecular weight excluding hydrogens is 1020 g/mol. The summed E-state index contributed by atoms with van der Waals surface area (Å²) in [5, 5.41) is 18.8. The number of pyridine rings is 2. The third-order valence-corrected chi connectivity index (χ3v) is 10.8. The lowest BCUT2D eigenvalue weighted by molar-refractivity contribution is -0.0508. The molecule has 0 amide bonds. The molecule has 2 N–H and O–H groups in total. The number of benzene rings is 4. The summed E-state index contributed by atoms with van der Waals surface area (Å²) in [6, 6.07) is 20.0. The van der Waals surface area contributed by atoms with Crippen LogP contribution in [0.3, 0.4) is 0 Å². The highest BCUT2D eigenvalue weighted by molar-refractivity contribution is 9.10. The molecule has 340 valence electrons. The SMILES string of the molecule is C.Cc1c(Br)cccc1COc1cc(O)c(C=O)cc1Cl.Cc1c(Br)cccc1COc1cc(OCc2cncc(OC(F)F)c2)c(C=O)cc1Cl.OCc1cncc(OC(F)F)c1. The van der Waals surface area contributed by atoms with Gasteiger partial charge >= 0.3 is 13.2 Å². The van der Waals surface area contributed by atoms with Gasteiger partial charge in [0, 0.05) is 39.0 Å². The smallest absolute Gasteiger partial charge is 0.387 e. The lowest BCUT2D eigenvalue weighted by Gasteiger charge is -2.14. The number of aliphatic hydroxyl groups excluding tert-OH is 1. The first-order valence-corrected chi connectivity index (χ1v) is 20.5. The van der Waals surface area contributed by atoms with Crippen molar-refractivity contribution in [3.63, 3.8) is 0 Å². The molecule has 0 aliphatic rings. The number of aromatic nitrogens is 2. The summed E-state index contributed by atoms with van der Waals surface area (Å²) in [7, 11) is 0. The highest BCUT2D eigenvalue weighted by atomic mass is 79.9. The van der Waals surface area contributed by atoms with Crippen LogP contribution in [-0.4, -0.2) is 46.0 Å². The molecular formula is C45H40Br2Cl2F4N2O9. The maximum Gasteiger partial charge on any atom is 0.387 e. The standard InChI is InChI=1S/C22H17BrClF2NO4.C15H12BrClO3.C7H7F2NO2.CH4/c1-13-15(3-2-4-18(13)23)12-30-21-7-20(16(10-28)6-19(21)24)29-11-14-5-17(9-27-8-14)31-22(25)26;1-9-10(3-2-4-12(9)16)8-20-15-6-14(19)11(7-18)5-13(15)17;8-7(9)12-6-1-5(4-11)2-10-3-6;/h2-10,22H,11-12H2,1H3;2-7,19H,8H2,1H3;1-3,7,11H,4H2;1H4. The van der Waals surface area contributed by atoms with E-state index in [9.17, 15) is 32.3 Å². The van der Waals surface area contributed by atoms with Crippen LogP contribution in [-0.2, 0) is 26.4 Å². The van der Waals surface area contributed by atoms with Crippen molar-refractivity contribution in [2.24, 2.45) is 0 Å². The molecule has 64 heavy (non-hydrogen) atoms. The number of carbonyl (C=O) groups is 2. The lowest BCUT2D eigenvalue weighted by Crippen LogP contribution is -2.04. The molecule has 0 radical (unpaired) electrons. The highest BCUT2D eigenvalue weighted by Gasteiger charge is 2.14. The third kappa shape index (κ3) is 16.3. The van der Waals surface area contributed by atoms with Crippen molar-refractivity contribution < 1.29 is 61.0 Å². The number of aldehydes is 2. The van der Waals surface area contributed by atoms with E-state index in [1.807, 2.05) is 50.2 Å². The molecule has 0 spiro atoms. The number of halogens is 8. The second-order valence-corrected chi connectivity index (χ2v) is 15.3. The molecule has 0 fully saturated rings. The topological polar surface area (TPSA) is 147 Å². The predicted molar refractivity (Wildman–Crippen MR) is 240 cm³/mol. The first-order chi connectivity index (χ1) is 30.1. The predicted octanol–water partition coefficient (Wildman–Crippen LogP) is 12.7. The summed E-state index contributed by atoms with van der Waals surface area (Å²) in [6.07, 6.45) is 6.30. The van der Waals surface area contributed by atoms with Gasteiger partial charge in [-0.25, -0.2) is 0 Å². The number of nitrogens with zero attached hydrogens (tertiary/aromatic N) is 2. The van der Waals surface area contributed by atoms with Crippen molar-refractivity contribution in [2.45, 2.75) is 60.9 Å². The summed E-state index contributed by atoms with van der Waals surface area (Å²) < 4.78 is 75.6. The minimum Gasteiger partial charge on any atom is -0.507 e. The molecule has 2 heterocycles. The van der Waals surface area contributed by atoms with E-state index in [1.165, 1.54) is 55.0 Å². The van der Waals surface area contributed by atoms with Gasteiger partial charge in [0.05, 0.1) is 40.2 Å². The molecule has 2 aromatic heterocycles. The van der Waals surface area contributed by atoms with E-state index in [-0.39, 0.29) is 71.4 Å². The number of aliphatic hydroxyl groups is 1. The third-order valence-electron chi connectivity index (χ3n) is 8.49. The zero-order valence-electron chi connectivity index (χ0n) is 33.0. The molecule has 11 nitrogen and oxygen atoms in total. The largest absolute Gasteiger partial charge is 0.507 e. The Kier molecular flexibility index (Phi) is 21.8. The van der Waals surface area contributed by atoms with Crippen molar-refractivity contribution in [1.29, 1.82) is 0 Å². The number of aromatic hydroxyl groups is 1. The van der Waals surface area contributed by atoms with Gasteiger partial charge in [-0.2, -0.15) is 17.6 Å². The zero-order chi connectivity index (χ0) is 46.1. The van der Waals surface area contributed by atoms with Crippen molar-refractivity contribution >= 4 is 67.6 Å². The minimum atomic E-state index is -2.95. The Morgan fingerprint density at radius 1 is 0.641 bits per heavy atom. The van der Waals surface area contributed by atoms with Gasteiger partial charge in [-0.05, 0) is 78.1 Å². The van der Waals surface area contributed by atoms with Crippen LogP contribution in [0.2, 0.25) is 10.0 Å². The molecule has 4 aromatic carbocycles. The number of ether oxygens (including phenoxy) is 5. The Bertz CT molecular complexity index is 2490. The van der Waals surface area contributed by atoms with E-state index in [1.54, 1.807) is 0 Å². The number of carbonyl (C=O) groups excluding carboxylic acids is 2. The van der Waals surface area contributed by atoms with E-state index in [4.69, 9.17) is 42.5 Å². The average Bonchev–Trinajstić information content (AvgIpc) is 3.25. The second-order valence-electron chi connectivity index (χ2n) is 12.8. The maximum atomic E-state index is 12.4. The van der Waals surface area contributed by atoms with E-state index in [0.717, 1.165) is 37.4 Å². The quantitative estimate of drug-likeness (QED) is 0.0705. The van der Waals surface area contributed by atoms with E-state index >= 15 is 0 Å². The first-order valence-electron chi connectivity index (χ1n) is 18.1. The monoisotopic (exact) mass is 1060 g/mol. The van der Waals surface area contributed by atoms with Gasteiger partial charge in [0.2, 0.25) is 0 Å². The Morgan fingerprint density at radius 2 is 1.09 bits per heavy atom. The molecule has 0 bridgehead atoms. The van der Waals surface area contributed by atoms with E-state index in [2.05, 4.69) is 51.3 Å². The number of hydrogen-bond donors (Lipinski definition) is 2. The summed E-state index contributed by atoms with van der Waals surface area (Å²) >= 11 is 19.2. The van der Waals surface area contributed by atoms with Crippen LogP contribution in [0.15, 0.2) is 107 Å². The average molecular weight is 1060 g/mol. The van der Waals surface area contributed by atoms with Crippen LogP contribution >= 0.6 is 55.1 Å². The van der Waals surface area contributed by atoms with Gasteiger partial charge < -0.3 is 33.9 Å². The second kappa shape index (κ2) is 26.4. The fourth-order valence-corrected chi connectivity index (χ4v) is 6.43. The van der Waals surface area contributed by atoms with Gasteiger partial charge in [0.25, 0.3) is 0 Å². The van der Waals surface area contributed by atoms with Crippen LogP contribution in [0.1, 0.15) is 61.5 Å². The maximum absolute atomic E-state index is 12.4. The fraction of sp³-hybridized carbons (Fsp3) is 0.200. The number of phenolic OH excluding ortho intramolecular Hbond substituents is 1. The first kappa shape index (κ1) is 52.9. The van der Waals surface area contributed by atoms with Crippen LogP contribution < -0.4 is 23.7 Å². The van der Waals surface area contributed by atoms with Crippen molar-refractivity contribution in [2.75, 3.05) is 0 Å². The van der Waals surface area contributed by atoms with Crippen LogP contribution in [0.4, 0.5) is 17.6 Å². The summed E-state index contributed by atoms with van der Waals surface area (Å²) in [5.41, 5.74) is 5.38. The molecule has 0 aliphatic heterocycles. The van der Waals surface area contributed by atoms with Crippen molar-refractivity contribution in [3.8, 4) is 34.5 Å². The van der Waals surface area contributed by atoms with Gasteiger partial charge in [0.1, 0.15) is 54.3 Å². The number of phenols is 1. The van der Waals surface area contributed by atoms with Gasteiger partial charge in [0.15, 0.2) is 12.6 Å². The fourth-order valence-electron chi connectivity index (χ4n) is 5.16. The Balaban J connectivity index is 0.000000282. The van der Waals surface area contributed by atoms with E-state index < -0.39 is 13.2 Å². The Hall–Kier alpha value is -5.46. The molecule has 19 heteroatoms. The molecule has 0 saturated heterocycles. The number of hydrogen-bond acceptors (Lipinski definition) is 11. The normalized spacial score (nSPS) is 10.4. The molecule has 0 atom stereocenters. The van der Waals surface area contributed by atoms with Crippen molar-refractivity contribution in [1.82, 2.24) is 9.97 Å². The molecule has 6 aromatic rings. The van der Waals surface area contributed by atoms with Gasteiger partial charge in [-0.15, -0.1) is 0 Å². The summed E-state index contributed by atoms with van der Waals surface area (Å²) in [6.45, 7) is -1.54. The lowest BCUT2D eigenvalue weighted by atomic mass is 10.1. The van der Waals surface area contributed by atoms with Crippen LogP contribution in [0.5, 0.6) is 34.5 Å². The molecule has 0 unspecified atom stereocenters. The highest BCUT2D eigenvalue weighted by Crippen LogP contribution is 2.35. The summed E-state index contributed by atoms with van der Waals surface area (Å²) in [4.78, 5) is 29.6. The molecule has 0 aliphatic carbocycles. The Morgan fingerprint density at radius 3 is 1.58 bits per heavy atom. The number of rotatable bonds is 16. The van der Waals surface area contributed by atoms with Gasteiger partial charge in [-0.1, -0.05) is 86.8 Å². The number of alkyl halides is 4.